The third-order valence-corrected chi connectivity index (χ3v) is 7.11. The topological polar surface area (TPSA) is 86.7 Å². The summed E-state index contributed by atoms with van der Waals surface area (Å²) < 4.78 is 68.9. The van der Waals surface area contributed by atoms with E-state index in [0.717, 1.165) is 37.5 Å². The summed E-state index contributed by atoms with van der Waals surface area (Å²) in [6, 6.07) is 6.78. The molecule has 1 fully saturated rings. The first-order valence-corrected chi connectivity index (χ1v) is 11.8. The van der Waals surface area contributed by atoms with E-state index in [1.807, 2.05) is 11.8 Å². The Kier molecular flexibility index (Phi) is 6.73. The number of carboxylic acids is 1. The number of hydrogen-bond acceptors (Lipinski definition) is 4. The van der Waals surface area contributed by atoms with Crippen LogP contribution in [0.4, 0.5) is 24.5 Å². The molecule has 0 saturated carbocycles. The largest absolute Gasteiger partial charge is 0.478 e. The monoisotopic (exact) mass is 470 g/mol. The molecule has 2 N–H and O–H groups in total. The Balaban J connectivity index is 2.12. The molecule has 0 unspecified atom stereocenters. The van der Waals surface area contributed by atoms with Crippen molar-refractivity contribution in [3.05, 3.63) is 53.1 Å². The zero-order valence-corrected chi connectivity index (χ0v) is 18.6. The fourth-order valence-corrected chi connectivity index (χ4v) is 5.33. The maximum Gasteiger partial charge on any atom is 0.416 e. The minimum Gasteiger partial charge on any atom is -0.478 e. The summed E-state index contributed by atoms with van der Waals surface area (Å²) in [7, 11) is -4.36. The van der Waals surface area contributed by atoms with Crippen LogP contribution in [0.2, 0.25) is 0 Å². The molecule has 0 aliphatic carbocycles. The summed E-state index contributed by atoms with van der Waals surface area (Å²) in [6.45, 7) is 4.25. The molecule has 0 aromatic heterocycles. The van der Waals surface area contributed by atoms with Crippen LogP contribution in [0, 0.1) is 0 Å². The second-order valence-electron chi connectivity index (χ2n) is 7.85. The summed E-state index contributed by atoms with van der Waals surface area (Å²) in [6.07, 6.45) is -1.67. The van der Waals surface area contributed by atoms with Crippen LogP contribution in [-0.2, 0) is 22.6 Å². The van der Waals surface area contributed by atoms with Gasteiger partial charge in [-0.25, -0.2) is 13.2 Å². The van der Waals surface area contributed by atoms with Crippen LogP contribution in [0.25, 0.3) is 0 Å². The average Bonchev–Trinajstić information content (AvgIpc) is 2.73. The van der Waals surface area contributed by atoms with E-state index < -0.39 is 27.7 Å². The molecule has 1 heterocycles. The van der Waals surface area contributed by atoms with Crippen molar-refractivity contribution in [2.45, 2.75) is 56.6 Å². The highest BCUT2D eigenvalue weighted by Crippen LogP contribution is 2.38. The van der Waals surface area contributed by atoms with E-state index in [-0.39, 0.29) is 22.2 Å². The standard InChI is InChI=1S/C22H25F3N2O4S/c1-3-15-7-8-16(21(28)29)12-20(15)32(30,31)26-18-13-17(22(23,24)25)9-10-19(18)27-11-5-4-6-14(27)2/h7-10,12-14,26H,3-6,11H2,1-2H3,(H,28,29)/t14-/m0/s1. The number of sulfonamides is 1. The van der Waals surface area contributed by atoms with E-state index >= 15 is 0 Å². The zero-order valence-electron chi connectivity index (χ0n) is 17.7. The molecule has 1 aliphatic rings. The molecule has 1 atom stereocenters. The van der Waals surface area contributed by atoms with Gasteiger partial charge in [0.1, 0.15) is 0 Å². The lowest BCUT2D eigenvalue weighted by Gasteiger charge is -2.36. The number of nitrogens with one attached hydrogen (secondary N) is 1. The second kappa shape index (κ2) is 9.01. The first-order chi connectivity index (χ1) is 14.9. The Bertz CT molecular complexity index is 1120. The SMILES string of the molecule is CCc1ccc(C(=O)O)cc1S(=O)(=O)Nc1cc(C(F)(F)F)ccc1N1CCCC[C@@H]1C. The zero-order chi connectivity index (χ0) is 23.7. The van der Waals surface area contributed by atoms with Gasteiger partial charge in [0, 0.05) is 12.6 Å². The van der Waals surface area contributed by atoms with Gasteiger partial charge in [-0.2, -0.15) is 13.2 Å². The molecule has 32 heavy (non-hydrogen) atoms. The van der Waals surface area contributed by atoms with Gasteiger partial charge >= 0.3 is 12.1 Å². The predicted molar refractivity (Wildman–Crippen MR) is 116 cm³/mol. The van der Waals surface area contributed by atoms with Gasteiger partial charge in [0.15, 0.2) is 0 Å². The van der Waals surface area contributed by atoms with Crippen molar-refractivity contribution in [2.75, 3.05) is 16.2 Å². The molecule has 0 bridgehead atoms. The average molecular weight is 471 g/mol. The molecule has 1 aliphatic heterocycles. The fraction of sp³-hybridized carbons (Fsp3) is 0.409. The summed E-state index contributed by atoms with van der Waals surface area (Å²) >= 11 is 0. The predicted octanol–water partition coefficient (Wildman–Crippen LogP) is 5.15. The van der Waals surface area contributed by atoms with E-state index in [1.165, 1.54) is 18.2 Å². The minimum absolute atomic E-state index is 0.0327. The first-order valence-electron chi connectivity index (χ1n) is 10.3. The van der Waals surface area contributed by atoms with Gasteiger partial charge in [0.25, 0.3) is 10.0 Å². The minimum atomic E-state index is -4.65. The van der Waals surface area contributed by atoms with Crippen molar-refractivity contribution >= 4 is 27.4 Å². The number of piperidine rings is 1. The van der Waals surface area contributed by atoms with Crippen LogP contribution in [0.15, 0.2) is 41.3 Å². The van der Waals surface area contributed by atoms with Gasteiger partial charge in [0.2, 0.25) is 0 Å². The van der Waals surface area contributed by atoms with Gasteiger partial charge in [0.05, 0.1) is 27.4 Å². The van der Waals surface area contributed by atoms with E-state index in [0.29, 0.717) is 24.2 Å². The smallest absolute Gasteiger partial charge is 0.416 e. The molecule has 2 aromatic carbocycles. The molecule has 0 radical (unpaired) electrons. The van der Waals surface area contributed by atoms with Crippen LogP contribution >= 0.6 is 0 Å². The second-order valence-corrected chi connectivity index (χ2v) is 9.51. The lowest BCUT2D eigenvalue weighted by atomic mass is 10.0. The summed E-state index contributed by atoms with van der Waals surface area (Å²) in [5.74, 6) is -1.30. The Morgan fingerprint density at radius 1 is 1.19 bits per heavy atom. The molecule has 2 aromatic rings. The number of halogens is 3. The third kappa shape index (κ3) is 5.01. The number of aromatic carboxylic acids is 1. The molecular weight excluding hydrogens is 445 g/mol. The van der Waals surface area contributed by atoms with Gasteiger partial charge < -0.3 is 10.0 Å². The van der Waals surface area contributed by atoms with Crippen LogP contribution in [0.3, 0.4) is 0 Å². The highest BCUT2D eigenvalue weighted by molar-refractivity contribution is 7.92. The normalized spacial score (nSPS) is 17.3. The van der Waals surface area contributed by atoms with Crippen LogP contribution in [0.5, 0.6) is 0 Å². The highest BCUT2D eigenvalue weighted by atomic mass is 32.2. The molecule has 0 spiro atoms. The number of benzene rings is 2. The van der Waals surface area contributed by atoms with Gasteiger partial charge in [-0.1, -0.05) is 13.0 Å². The summed E-state index contributed by atoms with van der Waals surface area (Å²) in [5, 5.41) is 9.25. The van der Waals surface area contributed by atoms with E-state index in [1.54, 1.807) is 6.92 Å². The van der Waals surface area contributed by atoms with E-state index in [2.05, 4.69) is 4.72 Å². The Hall–Kier alpha value is -2.75. The van der Waals surface area contributed by atoms with Crippen molar-refractivity contribution in [3.63, 3.8) is 0 Å². The molecule has 1 saturated heterocycles. The van der Waals surface area contributed by atoms with Crippen molar-refractivity contribution in [2.24, 2.45) is 0 Å². The molecule has 10 heteroatoms. The third-order valence-electron chi connectivity index (χ3n) is 5.67. The quantitative estimate of drug-likeness (QED) is 0.610. The summed E-state index contributed by atoms with van der Waals surface area (Å²) in [5.41, 5.74) is -0.657. The highest BCUT2D eigenvalue weighted by Gasteiger charge is 2.33. The molecule has 6 nitrogen and oxygen atoms in total. The number of hydrogen-bond donors (Lipinski definition) is 2. The Labute approximate surface area is 185 Å². The van der Waals surface area contributed by atoms with Crippen molar-refractivity contribution < 1.29 is 31.5 Å². The van der Waals surface area contributed by atoms with Gasteiger partial charge in [-0.05, 0) is 68.5 Å². The Morgan fingerprint density at radius 2 is 1.91 bits per heavy atom. The Morgan fingerprint density at radius 3 is 2.50 bits per heavy atom. The number of carboxylic acid groups (broad SMARTS) is 1. The summed E-state index contributed by atoms with van der Waals surface area (Å²) in [4.78, 5) is 13.0. The number of alkyl halides is 3. The van der Waals surface area contributed by atoms with Crippen LogP contribution < -0.4 is 9.62 Å². The number of rotatable bonds is 6. The van der Waals surface area contributed by atoms with Crippen molar-refractivity contribution in [3.8, 4) is 0 Å². The van der Waals surface area contributed by atoms with E-state index in [9.17, 15) is 31.5 Å². The van der Waals surface area contributed by atoms with Crippen LogP contribution in [0.1, 0.15) is 54.6 Å². The molecule has 3 rings (SSSR count). The lowest BCUT2D eigenvalue weighted by molar-refractivity contribution is -0.137. The lowest BCUT2D eigenvalue weighted by Crippen LogP contribution is -2.38. The van der Waals surface area contributed by atoms with Gasteiger partial charge in [-0.15, -0.1) is 0 Å². The number of carbonyl (C=O) groups is 1. The van der Waals surface area contributed by atoms with Crippen molar-refractivity contribution in [1.29, 1.82) is 0 Å². The van der Waals surface area contributed by atoms with E-state index in [4.69, 9.17) is 0 Å². The first kappa shape index (κ1) is 23.9. The number of aryl methyl sites for hydroxylation is 1. The van der Waals surface area contributed by atoms with Crippen LogP contribution in [-0.4, -0.2) is 32.1 Å². The number of nitrogens with zero attached hydrogens (tertiary/aromatic N) is 1. The molecular formula is C22H25F3N2O4S. The van der Waals surface area contributed by atoms with Crippen molar-refractivity contribution in [1.82, 2.24) is 0 Å². The fourth-order valence-electron chi connectivity index (χ4n) is 3.93. The van der Waals surface area contributed by atoms with Gasteiger partial charge in [-0.3, -0.25) is 4.72 Å². The molecule has 0 amide bonds. The number of anilines is 2. The molecule has 174 valence electrons. The maximum absolute atomic E-state index is 13.4. The maximum atomic E-state index is 13.4.